The van der Waals surface area contributed by atoms with E-state index >= 15 is 0 Å². The number of carbonyl (C=O) groups is 2. The SMILES string of the molecule is C=CC(=O)OCC(O)COc1cc(OCC(O)COC(=O)C=C)cc(-n2c3ccccc3c3ccccc32)c1. The van der Waals surface area contributed by atoms with Crippen LogP contribution in [0.25, 0.3) is 27.5 Å². The number of nitrogens with zero attached hydrogens (tertiary/aromatic N) is 1. The molecule has 1 aromatic heterocycles. The van der Waals surface area contributed by atoms with Gasteiger partial charge in [0.15, 0.2) is 0 Å². The van der Waals surface area contributed by atoms with Crippen molar-refractivity contribution in [2.75, 3.05) is 26.4 Å². The van der Waals surface area contributed by atoms with Gasteiger partial charge >= 0.3 is 11.9 Å². The molecule has 9 nitrogen and oxygen atoms in total. The number of fused-ring (bicyclic) bond motifs is 3. The Kier molecular flexibility index (Phi) is 8.98. The number of benzene rings is 3. The Morgan fingerprint density at radius 3 is 1.59 bits per heavy atom. The van der Waals surface area contributed by atoms with Gasteiger partial charge in [-0.1, -0.05) is 49.6 Å². The number of rotatable bonds is 13. The molecule has 0 saturated heterocycles. The number of para-hydroxylation sites is 2. The van der Waals surface area contributed by atoms with Crippen molar-refractivity contribution < 1.29 is 38.7 Å². The predicted molar refractivity (Wildman–Crippen MR) is 146 cm³/mol. The molecule has 39 heavy (non-hydrogen) atoms. The summed E-state index contributed by atoms with van der Waals surface area (Å²) in [6.07, 6.45) is -0.119. The normalized spacial score (nSPS) is 12.5. The first-order valence-electron chi connectivity index (χ1n) is 12.2. The van der Waals surface area contributed by atoms with E-state index in [-0.39, 0.29) is 26.4 Å². The summed E-state index contributed by atoms with van der Waals surface area (Å²) in [5, 5.41) is 22.6. The number of esters is 2. The van der Waals surface area contributed by atoms with Crippen LogP contribution in [0, 0.1) is 0 Å². The molecule has 2 N–H and O–H groups in total. The zero-order valence-electron chi connectivity index (χ0n) is 21.2. The van der Waals surface area contributed by atoms with Gasteiger partial charge in [-0.25, -0.2) is 9.59 Å². The summed E-state index contributed by atoms with van der Waals surface area (Å²) in [5.74, 6) is -0.525. The topological polar surface area (TPSA) is 116 Å². The van der Waals surface area contributed by atoms with E-state index in [1.54, 1.807) is 18.2 Å². The average molecular weight is 532 g/mol. The van der Waals surface area contributed by atoms with E-state index in [0.717, 1.165) is 39.6 Å². The minimum atomic E-state index is -1.07. The zero-order chi connectivity index (χ0) is 27.8. The molecule has 0 bridgehead atoms. The van der Waals surface area contributed by atoms with Gasteiger partial charge in [0.05, 0.1) is 16.7 Å². The molecule has 0 aliphatic heterocycles. The first-order valence-corrected chi connectivity index (χ1v) is 12.2. The molecule has 0 radical (unpaired) electrons. The van der Waals surface area contributed by atoms with Gasteiger partial charge in [-0.05, 0) is 12.1 Å². The number of aliphatic hydroxyl groups is 2. The quantitative estimate of drug-likeness (QED) is 0.198. The second-order valence-electron chi connectivity index (χ2n) is 8.63. The number of ether oxygens (including phenoxy) is 4. The molecule has 1 heterocycles. The van der Waals surface area contributed by atoms with Gasteiger partial charge in [-0.2, -0.15) is 0 Å². The second kappa shape index (κ2) is 12.8. The van der Waals surface area contributed by atoms with E-state index in [1.165, 1.54) is 0 Å². The molecule has 2 atom stereocenters. The highest BCUT2D eigenvalue weighted by molar-refractivity contribution is 6.09. The molecule has 0 aliphatic rings. The van der Waals surface area contributed by atoms with E-state index in [4.69, 9.17) is 18.9 Å². The molecule has 2 unspecified atom stereocenters. The van der Waals surface area contributed by atoms with Crippen molar-refractivity contribution in [1.29, 1.82) is 0 Å². The molecule has 0 spiro atoms. The Balaban J connectivity index is 1.64. The van der Waals surface area contributed by atoms with Crippen molar-refractivity contribution in [1.82, 2.24) is 4.57 Å². The molecule has 4 aromatic rings. The third kappa shape index (κ3) is 6.84. The summed E-state index contributed by atoms with van der Waals surface area (Å²) in [5.41, 5.74) is 2.66. The molecular weight excluding hydrogens is 502 g/mol. The van der Waals surface area contributed by atoms with Crippen LogP contribution in [-0.4, -0.2) is 65.4 Å². The lowest BCUT2D eigenvalue weighted by molar-refractivity contribution is -0.141. The van der Waals surface area contributed by atoms with E-state index in [2.05, 4.69) is 17.7 Å². The molecule has 202 valence electrons. The van der Waals surface area contributed by atoms with Crippen molar-refractivity contribution in [2.45, 2.75) is 12.2 Å². The molecular formula is C30H29NO8. The lowest BCUT2D eigenvalue weighted by Gasteiger charge is -2.17. The van der Waals surface area contributed by atoms with Gasteiger partial charge in [0.1, 0.15) is 50.1 Å². The Hall–Kier alpha value is -4.60. The zero-order valence-corrected chi connectivity index (χ0v) is 21.2. The molecule has 0 aliphatic carbocycles. The van der Waals surface area contributed by atoms with Crippen LogP contribution in [0.1, 0.15) is 0 Å². The van der Waals surface area contributed by atoms with E-state index < -0.39 is 24.1 Å². The van der Waals surface area contributed by atoms with Crippen LogP contribution in [0.4, 0.5) is 0 Å². The smallest absolute Gasteiger partial charge is 0.330 e. The van der Waals surface area contributed by atoms with Crippen LogP contribution in [0.2, 0.25) is 0 Å². The number of hydrogen-bond acceptors (Lipinski definition) is 8. The summed E-state index contributed by atoms with van der Waals surface area (Å²) in [7, 11) is 0. The monoisotopic (exact) mass is 531 g/mol. The number of hydrogen-bond donors (Lipinski definition) is 2. The number of aromatic nitrogens is 1. The standard InChI is InChI=1S/C30H29NO8/c1-3-29(34)38-18-21(32)16-36-23-13-20(14-24(15-23)37-17-22(33)19-39-30(35)4-2)31-27-11-7-5-9-25(27)26-10-6-8-12-28(26)31/h3-15,21-22,32-33H,1-2,16-19H2. The number of carbonyl (C=O) groups excluding carboxylic acids is 2. The lowest BCUT2D eigenvalue weighted by atomic mass is 10.2. The summed E-state index contributed by atoms with van der Waals surface area (Å²) < 4.78 is 23.5. The maximum Gasteiger partial charge on any atom is 0.330 e. The molecule has 4 rings (SSSR count). The predicted octanol–water partition coefficient (Wildman–Crippen LogP) is 3.72. The van der Waals surface area contributed by atoms with Crippen LogP contribution >= 0.6 is 0 Å². The second-order valence-corrected chi connectivity index (χ2v) is 8.63. The summed E-state index contributed by atoms with van der Waals surface area (Å²) in [6.45, 7) is 5.83. The minimum Gasteiger partial charge on any atom is -0.491 e. The first kappa shape index (κ1) is 27.4. The Labute approximate surface area is 225 Å². The van der Waals surface area contributed by atoms with Gasteiger partial charge in [-0.3, -0.25) is 0 Å². The maximum atomic E-state index is 11.3. The van der Waals surface area contributed by atoms with Crippen molar-refractivity contribution >= 4 is 33.7 Å². The van der Waals surface area contributed by atoms with Gasteiger partial charge in [0.25, 0.3) is 0 Å². The molecule has 0 saturated carbocycles. The van der Waals surface area contributed by atoms with Crippen LogP contribution in [0.15, 0.2) is 92.0 Å². The van der Waals surface area contributed by atoms with Gasteiger partial charge in [0.2, 0.25) is 0 Å². The summed E-state index contributed by atoms with van der Waals surface area (Å²) >= 11 is 0. The molecule has 3 aromatic carbocycles. The van der Waals surface area contributed by atoms with Crippen molar-refractivity contribution in [3.8, 4) is 17.2 Å². The fourth-order valence-corrected chi connectivity index (χ4v) is 4.01. The molecule has 0 amide bonds. The Morgan fingerprint density at radius 1 is 0.718 bits per heavy atom. The van der Waals surface area contributed by atoms with E-state index in [0.29, 0.717) is 11.5 Å². The minimum absolute atomic E-state index is 0.152. The van der Waals surface area contributed by atoms with Crippen molar-refractivity contribution in [3.05, 3.63) is 92.0 Å². The first-order chi connectivity index (χ1) is 18.9. The molecule has 0 fully saturated rings. The number of aliphatic hydroxyl groups excluding tert-OH is 2. The summed E-state index contributed by atoms with van der Waals surface area (Å²) in [6, 6.07) is 21.2. The highest BCUT2D eigenvalue weighted by Gasteiger charge is 2.16. The molecule has 9 heteroatoms. The Morgan fingerprint density at radius 2 is 1.15 bits per heavy atom. The highest BCUT2D eigenvalue weighted by atomic mass is 16.6. The van der Waals surface area contributed by atoms with Gasteiger partial charge in [-0.15, -0.1) is 0 Å². The lowest BCUT2D eigenvalue weighted by Crippen LogP contribution is -2.25. The third-order valence-corrected chi connectivity index (χ3v) is 5.76. The van der Waals surface area contributed by atoms with Crippen LogP contribution in [-0.2, 0) is 19.1 Å². The fourth-order valence-electron chi connectivity index (χ4n) is 4.01. The summed E-state index contributed by atoms with van der Waals surface area (Å²) in [4.78, 5) is 22.6. The van der Waals surface area contributed by atoms with Crippen LogP contribution < -0.4 is 9.47 Å². The Bertz CT molecular complexity index is 1390. The largest absolute Gasteiger partial charge is 0.491 e. The van der Waals surface area contributed by atoms with Crippen molar-refractivity contribution in [3.63, 3.8) is 0 Å². The highest BCUT2D eigenvalue weighted by Crippen LogP contribution is 2.34. The van der Waals surface area contributed by atoms with Crippen LogP contribution in [0.3, 0.4) is 0 Å². The van der Waals surface area contributed by atoms with E-state index in [1.807, 2.05) is 48.5 Å². The van der Waals surface area contributed by atoms with Crippen LogP contribution in [0.5, 0.6) is 11.5 Å². The van der Waals surface area contributed by atoms with E-state index in [9.17, 15) is 19.8 Å². The average Bonchev–Trinajstić information content (AvgIpc) is 3.30. The third-order valence-electron chi connectivity index (χ3n) is 5.76. The van der Waals surface area contributed by atoms with Crippen molar-refractivity contribution in [2.24, 2.45) is 0 Å². The fraction of sp³-hybridized carbons (Fsp3) is 0.200. The maximum absolute atomic E-state index is 11.3. The van der Waals surface area contributed by atoms with Gasteiger partial charge in [0, 0.05) is 41.1 Å². The van der Waals surface area contributed by atoms with Gasteiger partial charge < -0.3 is 33.7 Å².